The molecule has 0 amide bonds. The van der Waals surface area contributed by atoms with E-state index in [0.29, 0.717) is 5.41 Å². The number of rotatable bonds is 0. The fourth-order valence-electron chi connectivity index (χ4n) is 3.31. The first-order valence-electron chi connectivity index (χ1n) is 5.91. The van der Waals surface area contributed by atoms with Gasteiger partial charge < -0.3 is 4.90 Å². The van der Waals surface area contributed by atoms with Crippen molar-refractivity contribution in [2.45, 2.75) is 40.0 Å². The lowest BCUT2D eigenvalue weighted by Crippen LogP contribution is -2.37. The number of allylic oxidation sites excluding steroid dienone is 2. The second kappa shape index (κ2) is 3.37. The van der Waals surface area contributed by atoms with Gasteiger partial charge in [0.2, 0.25) is 0 Å². The van der Waals surface area contributed by atoms with Crippen LogP contribution in [0.15, 0.2) is 11.1 Å². The SMILES string of the molecule is CC1=C(C)C2(CCN(C)CC2)CC1C. The number of hydrogen-bond acceptors (Lipinski definition) is 1. The Labute approximate surface area is 88.2 Å². The highest BCUT2D eigenvalue weighted by Gasteiger charge is 2.41. The van der Waals surface area contributed by atoms with Crippen molar-refractivity contribution in [3.8, 4) is 0 Å². The highest BCUT2D eigenvalue weighted by Crippen LogP contribution is 2.51. The number of piperidine rings is 1. The lowest BCUT2D eigenvalue weighted by molar-refractivity contribution is 0.147. The van der Waals surface area contributed by atoms with Gasteiger partial charge >= 0.3 is 0 Å². The topological polar surface area (TPSA) is 3.24 Å². The van der Waals surface area contributed by atoms with Gasteiger partial charge in [-0.3, -0.25) is 0 Å². The normalized spacial score (nSPS) is 33.0. The lowest BCUT2D eigenvalue weighted by Gasteiger charge is -2.39. The van der Waals surface area contributed by atoms with E-state index in [1.54, 1.807) is 11.1 Å². The van der Waals surface area contributed by atoms with E-state index in [1.165, 1.54) is 32.4 Å². The predicted molar refractivity (Wildman–Crippen MR) is 61.3 cm³/mol. The van der Waals surface area contributed by atoms with Crippen LogP contribution in [0.1, 0.15) is 40.0 Å². The molecule has 0 aromatic carbocycles. The van der Waals surface area contributed by atoms with Crippen molar-refractivity contribution in [3.05, 3.63) is 11.1 Å². The van der Waals surface area contributed by atoms with Gasteiger partial charge in [0.05, 0.1) is 0 Å². The molecule has 0 saturated carbocycles. The molecule has 1 spiro atoms. The molecule has 1 atom stereocenters. The van der Waals surface area contributed by atoms with E-state index in [2.05, 4.69) is 32.7 Å². The molecule has 2 aliphatic rings. The van der Waals surface area contributed by atoms with Crippen LogP contribution < -0.4 is 0 Å². The molecule has 0 N–H and O–H groups in total. The summed E-state index contributed by atoms with van der Waals surface area (Å²) < 4.78 is 0. The summed E-state index contributed by atoms with van der Waals surface area (Å²) in [6.45, 7) is 9.69. The van der Waals surface area contributed by atoms with Crippen LogP contribution in [0.4, 0.5) is 0 Å². The summed E-state index contributed by atoms with van der Waals surface area (Å²) in [6.07, 6.45) is 4.19. The van der Waals surface area contributed by atoms with E-state index in [1.807, 2.05) is 0 Å². The average Bonchev–Trinajstić information content (AvgIpc) is 2.37. The van der Waals surface area contributed by atoms with Crippen LogP contribution in [0.3, 0.4) is 0 Å². The van der Waals surface area contributed by atoms with Crippen LogP contribution in [-0.4, -0.2) is 25.0 Å². The summed E-state index contributed by atoms with van der Waals surface area (Å²) in [6, 6.07) is 0. The Morgan fingerprint density at radius 2 is 1.79 bits per heavy atom. The Kier molecular flexibility index (Phi) is 2.46. The molecule has 14 heavy (non-hydrogen) atoms. The molecule has 0 aromatic heterocycles. The zero-order valence-electron chi connectivity index (χ0n) is 10.1. The van der Waals surface area contributed by atoms with E-state index in [9.17, 15) is 0 Å². The maximum absolute atomic E-state index is 2.47. The van der Waals surface area contributed by atoms with Gasteiger partial charge in [0.25, 0.3) is 0 Å². The van der Waals surface area contributed by atoms with Gasteiger partial charge in [-0.05, 0) is 64.6 Å². The summed E-state index contributed by atoms with van der Waals surface area (Å²) in [5, 5.41) is 0. The van der Waals surface area contributed by atoms with Crippen molar-refractivity contribution in [1.29, 1.82) is 0 Å². The van der Waals surface area contributed by atoms with Crippen LogP contribution >= 0.6 is 0 Å². The Morgan fingerprint density at radius 3 is 2.21 bits per heavy atom. The standard InChI is InChI=1S/C13H23N/c1-10-9-13(12(3)11(10)2)5-7-14(4)8-6-13/h10H,5-9H2,1-4H3. The van der Waals surface area contributed by atoms with Crippen LogP contribution in [0, 0.1) is 11.3 Å². The molecule has 1 heterocycles. The van der Waals surface area contributed by atoms with Gasteiger partial charge in [0.15, 0.2) is 0 Å². The third-order valence-electron chi connectivity index (χ3n) is 4.77. The van der Waals surface area contributed by atoms with E-state index in [-0.39, 0.29) is 0 Å². The van der Waals surface area contributed by atoms with Gasteiger partial charge in [0, 0.05) is 0 Å². The van der Waals surface area contributed by atoms with Gasteiger partial charge in [-0.25, -0.2) is 0 Å². The molecule has 0 bridgehead atoms. The molecule has 1 heteroatoms. The smallest absolute Gasteiger partial charge is 0.00134 e. The fraction of sp³-hybridized carbons (Fsp3) is 0.846. The Balaban J connectivity index is 2.19. The highest BCUT2D eigenvalue weighted by molar-refractivity contribution is 5.28. The minimum absolute atomic E-state index is 0.593. The first-order valence-corrected chi connectivity index (χ1v) is 5.91. The molecule has 1 aliphatic carbocycles. The number of nitrogens with zero attached hydrogens (tertiary/aromatic N) is 1. The van der Waals surface area contributed by atoms with Crippen molar-refractivity contribution in [3.63, 3.8) is 0 Å². The van der Waals surface area contributed by atoms with Crippen LogP contribution in [0.25, 0.3) is 0 Å². The summed E-state index contributed by atoms with van der Waals surface area (Å²) in [4.78, 5) is 2.47. The zero-order valence-corrected chi connectivity index (χ0v) is 10.1. The lowest BCUT2D eigenvalue weighted by atomic mass is 9.73. The highest BCUT2D eigenvalue weighted by atomic mass is 15.1. The van der Waals surface area contributed by atoms with Crippen molar-refractivity contribution in [2.75, 3.05) is 20.1 Å². The quantitative estimate of drug-likeness (QED) is 0.534. The van der Waals surface area contributed by atoms with Gasteiger partial charge in [-0.2, -0.15) is 0 Å². The van der Waals surface area contributed by atoms with E-state index in [0.717, 1.165) is 5.92 Å². The van der Waals surface area contributed by atoms with Gasteiger partial charge in [-0.1, -0.05) is 18.1 Å². The summed E-state index contributed by atoms with van der Waals surface area (Å²) in [5.41, 5.74) is 3.99. The molecule has 1 fully saturated rings. The molecular formula is C13H23N. The molecule has 1 aliphatic heterocycles. The van der Waals surface area contributed by atoms with Crippen LogP contribution in [0.2, 0.25) is 0 Å². The monoisotopic (exact) mass is 193 g/mol. The molecule has 1 nitrogen and oxygen atoms in total. The van der Waals surface area contributed by atoms with E-state index >= 15 is 0 Å². The molecule has 1 unspecified atom stereocenters. The molecule has 0 radical (unpaired) electrons. The summed E-state index contributed by atoms with van der Waals surface area (Å²) >= 11 is 0. The largest absolute Gasteiger partial charge is 0.306 e. The molecular weight excluding hydrogens is 170 g/mol. The predicted octanol–water partition coefficient (Wildman–Crippen LogP) is 3.07. The Morgan fingerprint density at radius 1 is 1.21 bits per heavy atom. The Bertz CT molecular complexity index is 256. The van der Waals surface area contributed by atoms with Crippen molar-refractivity contribution in [1.82, 2.24) is 4.90 Å². The van der Waals surface area contributed by atoms with E-state index < -0.39 is 0 Å². The van der Waals surface area contributed by atoms with Crippen molar-refractivity contribution >= 4 is 0 Å². The van der Waals surface area contributed by atoms with Gasteiger partial charge in [-0.15, -0.1) is 0 Å². The average molecular weight is 193 g/mol. The zero-order chi connectivity index (χ0) is 10.3. The third-order valence-corrected chi connectivity index (χ3v) is 4.77. The number of hydrogen-bond donors (Lipinski definition) is 0. The maximum Gasteiger partial charge on any atom is -0.00134 e. The first kappa shape index (κ1) is 10.2. The second-order valence-corrected chi connectivity index (χ2v) is 5.50. The van der Waals surface area contributed by atoms with Crippen LogP contribution in [-0.2, 0) is 0 Å². The second-order valence-electron chi connectivity index (χ2n) is 5.50. The molecule has 80 valence electrons. The summed E-state index contributed by atoms with van der Waals surface area (Å²) in [7, 11) is 2.25. The van der Waals surface area contributed by atoms with Crippen LogP contribution in [0.5, 0.6) is 0 Å². The third kappa shape index (κ3) is 1.42. The minimum Gasteiger partial charge on any atom is -0.306 e. The van der Waals surface area contributed by atoms with Gasteiger partial charge in [0.1, 0.15) is 0 Å². The molecule has 1 saturated heterocycles. The molecule has 2 rings (SSSR count). The minimum atomic E-state index is 0.593. The Hall–Kier alpha value is -0.300. The van der Waals surface area contributed by atoms with Crippen molar-refractivity contribution in [2.24, 2.45) is 11.3 Å². The summed E-state index contributed by atoms with van der Waals surface area (Å²) in [5.74, 6) is 0.832. The van der Waals surface area contributed by atoms with Crippen molar-refractivity contribution < 1.29 is 0 Å². The molecule has 0 aromatic rings. The number of likely N-dealkylation sites (tertiary alicyclic amines) is 1. The fourth-order valence-corrected chi connectivity index (χ4v) is 3.31. The first-order chi connectivity index (χ1) is 6.55. The maximum atomic E-state index is 2.47. The van der Waals surface area contributed by atoms with E-state index in [4.69, 9.17) is 0 Å².